The van der Waals surface area contributed by atoms with Crippen LogP contribution < -0.4 is 5.32 Å². The topological polar surface area (TPSA) is 84.9 Å². The molecule has 1 heterocycles. The maximum Gasteiger partial charge on any atom is 0.411 e. The summed E-state index contributed by atoms with van der Waals surface area (Å²) in [7, 11) is 0. The summed E-state index contributed by atoms with van der Waals surface area (Å²) in [6.07, 6.45) is -6.33. The summed E-state index contributed by atoms with van der Waals surface area (Å²) in [6.45, 7) is 3.43. The van der Waals surface area contributed by atoms with E-state index in [0.717, 1.165) is 5.56 Å². The molecule has 6 nitrogen and oxygen atoms in total. The van der Waals surface area contributed by atoms with Crippen LogP contribution in [0.4, 0.5) is 23.7 Å². The van der Waals surface area contributed by atoms with Gasteiger partial charge in [-0.1, -0.05) is 62.4 Å². The minimum atomic E-state index is -4.43. The normalized spacial score (nSPS) is 18.4. The molecule has 0 saturated heterocycles. The number of halogens is 3. The van der Waals surface area contributed by atoms with Gasteiger partial charge in [0.1, 0.15) is 11.4 Å². The highest BCUT2D eigenvalue weighted by molar-refractivity contribution is 5.90. The minimum Gasteiger partial charge on any atom is -0.512 e. The highest BCUT2D eigenvalue weighted by Gasteiger charge is 2.45. The summed E-state index contributed by atoms with van der Waals surface area (Å²) in [6, 6.07) is 17.9. The Morgan fingerprint density at radius 2 is 1.68 bits per heavy atom. The van der Waals surface area contributed by atoms with Crippen molar-refractivity contribution in [3.63, 3.8) is 0 Å². The number of benzene rings is 2. The fraction of sp³-hybridized carbons (Fsp3) is 0.429. The first kappa shape index (κ1) is 28.1. The fourth-order valence-electron chi connectivity index (χ4n) is 4.25. The van der Waals surface area contributed by atoms with Gasteiger partial charge in [0, 0.05) is 23.9 Å². The van der Waals surface area contributed by atoms with Crippen LogP contribution in [0.5, 0.6) is 0 Å². The van der Waals surface area contributed by atoms with E-state index < -0.39 is 42.1 Å². The largest absolute Gasteiger partial charge is 0.512 e. The molecule has 1 aliphatic heterocycles. The summed E-state index contributed by atoms with van der Waals surface area (Å²) >= 11 is 0. The number of amides is 1. The first-order valence-electron chi connectivity index (χ1n) is 12.1. The molecule has 2 aromatic rings. The lowest BCUT2D eigenvalue weighted by Crippen LogP contribution is -2.42. The molecule has 0 fully saturated rings. The average Bonchev–Trinajstić information content (AvgIpc) is 2.84. The molecular formula is C28H32F3NO5. The Kier molecular flexibility index (Phi) is 8.89. The maximum atomic E-state index is 13.1. The number of aryl methyl sites for hydroxylation is 1. The number of alkyl halides is 3. The standard InChI is InChI=1S/C28H32F3NO5/c1-26(2,19-36-25(35)32-21-11-7-4-8-12-21)17-22-23(33)18-27(37-24(22)34,15-16-28(29,30)31)14-13-20-9-5-3-6-10-20/h3-12,33H,13-19H2,1-2H3,(H,32,35). The van der Waals surface area contributed by atoms with Gasteiger partial charge in [-0.05, 0) is 43.4 Å². The van der Waals surface area contributed by atoms with Gasteiger partial charge >= 0.3 is 18.2 Å². The molecular weight excluding hydrogens is 487 g/mol. The second kappa shape index (κ2) is 11.7. The summed E-state index contributed by atoms with van der Waals surface area (Å²) in [5, 5.41) is 13.4. The lowest BCUT2D eigenvalue weighted by Gasteiger charge is -2.39. The number of rotatable bonds is 10. The van der Waals surface area contributed by atoms with E-state index in [-0.39, 0.29) is 37.2 Å². The number of hydrogen-bond donors (Lipinski definition) is 2. The van der Waals surface area contributed by atoms with Gasteiger partial charge in [-0.25, -0.2) is 9.59 Å². The van der Waals surface area contributed by atoms with Crippen LogP contribution in [0, 0.1) is 5.41 Å². The molecule has 2 aromatic carbocycles. The van der Waals surface area contributed by atoms with E-state index in [0.29, 0.717) is 12.1 Å². The van der Waals surface area contributed by atoms with E-state index in [9.17, 15) is 27.9 Å². The van der Waals surface area contributed by atoms with Gasteiger partial charge in [0.15, 0.2) is 0 Å². The number of carbonyl (C=O) groups is 2. The van der Waals surface area contributed by atoms with Crippen molar-refractivity contribution in [3.05, 3.63) is 77.6 Å². The fourth-order valence-corrected chi connectivity index (χ4v) is 4.25. The monoisotopic (exact) mass is 519 g/mol. The van der Waals surface area contributed by atoms with Gasteiger partial charge in [0.2, 0.25) is 0 Å². The number of anilines is 1. The molecule has 1 aliphatic rings. The quantitative estimate of drug-likeness (QED) is 0.326. The second-order valence-corrected chi connectivity index (χ2v) is 10.2. The predicted molar refractivity (Wildman–Crippen MR) is 133 cm³/mol. The third-order valence-electron chi connectivity index (χ3n) is 6.24. The van der Waals surface area contributed by atoms with Gasteiger partial charge < -0.3 is 14.6 Å². The zero-order chi connectivity index (χ0) is 27.1. The van der Waals surface area contributed by atoms with E-state index >= 15 is 0 Å². The minimum absolute atomic E-state index is 0.0144. The van der Waals surface area contributed by atoms with Crippen molar-refractivity contribution in [2.45, 2.75) is 64.1 Å². The average molecular weight is 520 g/mol. The summed E-state index contributed by atoms with van der Waals surface area (Å²) in [5.41, 5.74) is -0.781. The van der Waals surface area contributed by atoms with E-state index in [1.54, 1.807) is 38.1 Å². The number of nitrogens with one attached hydrogen (secondary N) is 1. The van der Waals surface area contributed by atoms with Gasteiger partial charge in [-0.2, -0.15) is 13.2 Å². The van der Waals surface area contributed by atoms with Crippen LogP contribution in [-0.4, -0.2) is 35.6 Å². The first-order valence-corrected chi connectivity index (χ1v) is 12.1. The molecule has 2 N–H and O–H groups in total. The van der Waals surface area contributed by atoms with Gasteiger partial charge in [0.25, 0.3) is 0 Å². The molecule has 9 heteroatoms. The Morgan fingerprint density at radius 3 is 2.27 bits per heavy atom. The third kappa shape index (κ3) is 8.84. The van der Waals surface area contributed by atoms with Gasteiger partial charge in [0.05, 0.1) is 12.2 Å². The van der Waals surface area contributed by atoms with Crippen molar-refractivity contribution in [2.75, 3.05) is 11.9 Å². The zero-order valence-electron chi connectivity index (χ0n) is 20.9. The molecule has 0 radical (unpaired) electrons. The van der Waals surface area contributed by atoms with Crippen LogP contribution in [0.3, 0.4) is 0 Å². The molecule has 0 saturated carbocycles. The van der Waals surface area contributed by atoms with Crippen molar-refractivity contribution in [2.24, 2.45) is 5.41 Å². The Bertz CT molecular complexity index is 1100. The second-order valence-electron chi connectivity index (χ2n) is 10.2. The van der Waals surface area contributed by atoms with Crippen LogP contribution in [0.2, 0.25) is 0 Å². The number of aliphatic hydroxyl groups is 1. The molecule has 1 atom stereocenters. The molecule has 1 unspecified atom stereocenters. The van der Waals surface area contributed by atoms with Crippen LogP contribution in [0.1, 0.15) is 51.5 Å². The van der Waals surface area contributed by atoms with Gasteiger partial charge in [-0.3, -0.25) is 5.32 Å². The van der Waals surface area contributed by atoms with Crippen molar-refractivity contribution in [3.8, 4) is 0 Å². The SMILES string of the molecule is CC(C)(COC(=O)Nc1ccccc1)CC1=C(O)CC(CCc2ccccc2)(CCC(F)(F)F)OC1=O. The Labute approximate surface area is 214 Å². The van der Waals surface area contributed by atoms with E-state index in [4.69, 9.17) is 9.47 Å². The molecule has 1 amide bonds. The molecule has 0 spiro atoms. The lowest BCUT2D eigenvalue weighted by atomic mass is 9.80. The number of aliphatic hydroxyl groups excluding tert-OH is 1. The Balaban J connectivity index is 1.68. The van der Waals surface area contributed by atoms with Crippen molar-refractivity contribution in [1.82, 2.24) is 0 Å². The number of carbonyl (C=O) groups excluding carboxylic acids is 2. The number of para-hydroxylation sites is 1. The molecule has 0 aliphatic carbocycles. The van der Waals surface area contributed by atoms with Crippen molar-refractivity contribution < 1.29 is 37.3 Å². The smallest absolute Gasteiger partial charge is 0.411 e. The van der Waals surface area contributed by atoms with E-state index in [2.05, 4.69) is 5.32 Å². The van der Waals surface area contributed by atoms with Crippen molar-refractivity contribution in [1.29, 1.82) is 0 Å². The Morgan fingerprint density at radius 1 is 1.05 bits per heavy atom. The lowest BCUT2D eigenvalue weighted by molar-refractivity contribution is -0.173. The highest BCUT2D eigenvalue weighted by Crippen LogP contribution is 2.41. The van der Waals surface area contributed by atoms with Crippen molar-refractivity contribution >= 4 is 17.7 Å². The van der Waals surface area contributed by atoms with E-state index in [1.807, 2.05) is 36.4 Å². The highest BCUT2D eigenvalue weighted by atomic mass is 19.4. The summed E-state index contributed by atoms with van der Waals surface area (Å²) < 4.78 is 50.1. The number of cyclic esters (lactones) is 1. The van der Waals surface area contributed by atoms with Crippen LogP contribution in [-0.2, 0) is 20.7 Å². The third-order valence-corrected chi connectivity index (χ3v) is 6.24. The predicted octanol–water partition coefficient (Wildman–Crippen LogP) is 7.12. The molecule has 0 aromatic heterocycles. The molecule has 200 valence electrons. The summed E-state index contributed by atoms with van der Waals surface area (Å²) in [4.78, 5) is 25.1. The number of ether oxygens (including phenoxy) is 2. The molecule has 3 rings (SSSR count). The number of hydrogen-bond acceptors (Lipinski definition) is 5. The van der Waals surface area contributed by atoms with E-state index in [1.165, 1.54) is 0 Å². The van der Waals surface area contributed by atoms with Gasteiger partial charge in [-0.15, -0.1) is 0 Å². The number of esters is 1. The zero-order valence-corrected chi connectivity index (χ0v) is 20.9. The maximum absolute atomic E-state index is 13.1. The van der Waals surface area contributed by atoms with Crippen LogP contribution in [0.25, 0.3) is 0 Å². The van der Waals surface area contributed by atoms with Crippen LogP contribution in [0.15, 0.2) is 72.0 Å². The molecule has 0 bridgehead atoms. The molecule has 37 heavy (non-hydrogen) atoms. The Hall–Kier alpha value is -3.49. The first-order chi connectivity index (χ1) is 17.4. The summed E-state index contributed by atoms with van der Waals surface area (Å²) in [5.74, 6) is -1.13. The van der Waals surface area contributed by atoms with Crippen LogP contribution >= 0.6 is 0 Å².